The number of fused-ring (bicyclic) bond motifs is 9. The third-order valence-corrected chi connectivity index (χ3v) is 51.2. The van der Waals surface area contributed by atoms with Crippen LogP contribution in [0.2, 0.25) is 0 Å². The first kappa shape index (κ1) is 69.7. The second-order valence-electron chi connectivity index (χ2n) is 46.5. The highest BCUT2D eigenvalue weighted by atomic mass is 32.2. The highest BCUT2D eigenvalue weighted by molar-refractivity contribution is 7.87. The fourth-order valence-corrected chi connectivity index (χ4v) is 51.1. The minimum atomic E-state index is -4.44. The molecule has 16 heteroatoms. The molecule has 25 rings (SSSR count). The Morgan fingerprint density at radius 1 is 0.206 bits per heavy atom. The molecule has 54 atom stereocenters. The lowest BCUT2D eigenvalue weighted by atomic mass is 9.25. The number of hydrogen-bond acceptors (Lipinski definition) is 8. The topological polar surface area (TPSA) is 217 Å². The smallest absolute Gasteiger partial charge is 0.268 e. The van der Waals surface area contributed by atoms with E-state index in [1.165, 1.54) is 122 Å². The quantitative estimate of drug-likeness (QED) is 0.159. The molecule has 0 saturated heterocycles. The van der Waals surface area contributed by atoms with E-state index in [4.69, 9.17) is 0 Å². The summed E-state index contributed by atoms with van der Waals surface area (Å²) in [6.07, 6.45) is 39.8. The van der Waals surface area contributed by atoms with Crippen LogP contribution < -0.4 is 0 Å². The molecule has 0 bridgehead atoms. The average Bonchev–Trinajstić information content (AvgIpc) is 0.661. The van der Waals surface area contributed by atoms with Gasteiger partial charge in [0, 0.05) is 0 Å². The molecule has 12 nitrogen and oxygen atoms in total. The van der Waals surface area contributed by atoms with Crippen LogP contribution in [0.25, 0.3) is 0 Å². The van der Waals surface area contributed by atoms with E-state index in [0.29, 0.717) is 268 Å². The van der Waals surface area contributed by atoms with E-state index in [0.717, 1.165) is 101 Å². The van der Waals surface area contributed by atoms with E-state index in [1.54, 1.807) is 0 Å². The van der Waals surface area contributed by atoms with Gasteiger partial charge in [0.15, 0.2) is 0 Å². The lowest BCUT2D eigenvalue weighted by Crippen LogP contribution is -2.76. The monoisotopic (exact) mass is 1550 g/mol. The molecule has 0 aromatic heterocycles. The standard InChI is InChI=1S/C91H134O12S4/c1-3-7-38-9-5-12-55-58(38)35-60-61-30-41-14-13-39-15-19-54-63-36-62-53-21-17-44-33-68(104(92,93)94)56-22-18-42-29-59(48-23-24-51-49-11-6-10-47-40(8-4-2)28-65-69(105(95,96)97)34-43-16-20-50(48)80(51)74(43)87(65)79(47)49)52-25-26-57(86-82(52)75(42)85(56)76(44)83(53)86)78(62)67-37-70(106(98,99)100)66-32-46-27-45(31-64(60)91(55)107(101,102)103)71(61)89-73(41)72(39)84(54)90(77(46)89)88(66)81(63)67/h38-91H,3-37H2,1-2H3,(H,92,93,94)(H,95,96,97)(H,98,99,100)(H,101,102,103). The van der Waals surface area contributed by atoms with Crippen molar-refractivity contribution in [3.05, 3.63) is 0 Å². The third kappa shape index (κ3) is 9.12. The van der Waals surface area contributed by atoms with Crippen LogP contribution in [0.3, 0.4) is 0 Å². The minimum absolute atomic E-state index is 0.00949. The fourth-order valence-electron chi connectivity index (χ4n) is 45.9. The van der Waals surface area contributed by atoms with Crippen LogP contribution >= 0.6 is 0 Å². The summed E-state index contributed by atoms with van der Waals surface area (Å²) in [7, 11) is -17.2. The van der Waals surface area contributed by atoms with Gasteiger partial charge in [-0.15, -0.1) is 0 Å². The Balaban J connectivity index is 0.597. The summed E-state index contributed by atoms with van der Waals surface area (Å²) in [6.45, 7) is 4.65. The Hall–Kier alpha value is -0.360. The Labute approximate surface area is 643 Å². The predicted octanol–water partition coefficient (Wildman–Crippen LogP) is 17.9. The van der Waals surface area contributed by atoms with Crippen LogP contribution in [0.5, 0.6) is 0 Å². The molecule has 0 radical (unpaired) electrons. The second-order valence-corrected chi connectivity index (χ2v) is 53.0. The molecule has 0 spiro atoms. The maximum Gasteiger partial charge on any atom is 0.268 e. The van der Waals surface area contributed by atoms with E-state index in [1.807, 2.05) is 0 Å². The van der Waals surface area contributed by atoms with Crippen molar-refractivity contribution >= 4 is 40.5 Å². The predicted molar refractivity (Wildman–Crippen MR) is 409 cm³/mol. The van der Waals surface area contributed by atoms with E-state index in [9.17, 15) is 43.5 Å². The molecule has 107 heavy (non-hydrogen) atoms. The van der Waals surface area contributed by atoms with Crippen LogP contribution in [0.1, 0.15) is 239 Å². The summed E-state index contributed by atoms with van der Waals surface area (Å²) in [5.74, 6) is 24.9. The van der Waals surface area contributed by atoms with Gasteiger partial charge in [-0.25, -0.2) is 0 Å². The minimum Gasteiger partial charge on any atom is -0.285 e. The highest BCUT2D eigenvalue weighted by Crippen LogP contribution is 2.85. The molecule has 594 valence electrons. The molecule has 0 aromatic rings. The molecule has 25 fully saturated rings. The molecule has 25 aliphatic rings. The SMILES string of the molecule is CCCC1CCCC2C1CC1C3CC4CCC5CCC6C7CC8C9CCC%10CC(S(=O)(=O)O)C%11CCC%12CC(C%13CCC%14C%15CCCC%16C(CCC)CC%17C(C%16%15)C%15C(CCC%13C%14%15)CC%17S(=O)(=O)O)C%13CCC(C8C8CC(S(=O)(=O)O)C%14CC%15CC(CC1C2S(=O)(=O)O)C3C1C4C5C6C(C%151)C%14C78)C1C%13C%12C%11C%10C91. The summed E-state index contributed by atoms with van der Waals surface area (Å²) >= 11 is 0. The van der Waals surface area contributed by atoms with Gasteiger partial charge in [-0.2, -0.15) is 33.7 Å². The third-order valence-electron chi connectivity index (χ3n) is 45.9. The van der Waals surface area contributed by atoms with E-state index in [-0.39, 0.29) is 29.6 Å². The van der Waals surface area contributed by atoms with Gasteiger partial charge in [0.2, 0.25) is 0 Å². The number of rotatable bonds is 9. The molecule has 0 heterocycles. The van der Waals surface area contributed by atoms with Crippen LogP contribution in [0.15, 0.2) is 0 Å². The Bertz CT molecular complexity index is 4090. The highest BCUT2D eigenvalue weighted by Gasteiger charge is 2.81. The zero-order valence-corrected chi connectivity index (χ0v) is 67.9. The molecule has 0 aromatic carbocycles. The Morgan fingerprint density at radius 3 is 1.29 bits per heavy atom. The van der Waals surface area contributed by atoms with Crippen molar-refractivity contribution in [1.82, 2.24) is 0 Å². The Morgan fingerprint density at radius 2 is 0.579 bits per heavy atom. The van der Waals surface area contributed by atoms with Crippen LogP contribution in [0.4, 0.5) is 0 Å². The first-order chi connectivity index (χ1) is 51.5. The maximum absolute atomic E-state index is 15.3. The summed E-state index contributed by atoms with van der Waals surface area (Å²) in [4.78, 5) is 0. The van der Waals surface area contributed by atoms with Crippen molar-refractivity contribution in [1.29, 1.82) is 0 Å². The van der Waals surface area contributed by atoms with Gasteiger partial charge >= 0.3 is 0 Å². The van der Waals surface area contributed by atoms with Gasteiger partial charge in [-0.05, 0) is 476 Å². The van der Waals surface area contributed by atoms with Crippen molar-refractivity contribution in [2.24, 2.45) is 296 Å². The zero-order chi connectivity index (χ0) is 71.9. The van der Waals surface area contributed by atoms with Crippen LogP contribution in [-0.2, 0) is 40.5 Å². The normalized spacial score (nSPS) is 64.0. The van der Waals surface area contributed by atoms with Gasteiger partial charge in [-0.1, -0.05) is 58.8 Å². The number of hydrogen-bond donors (Lipinski definition) is 4. The first-order valence-corrected chi connectivity index (χ1v) is 53.4. The fraction of sp³-hybridized carbons (Fsp3) is 1.00. The van der Waals surface area contributed by atoms with Crippen molar-refractivity contribution in [3.63, 3.8) is 0 Å². The van der Waals surface area contributed by atoms with Gasteiger partial charge in [-0.3, -0.25) is 18.2 Å². The van der Waals surface area contributed by atoms with Gasteiger partial charge in [0.05, 0.1) is 21.0 Å². The summed E-state index contributed by atoms with van der Waals surface area (Å²) < 4.78 is 163. The maximum atomic E-state index is 15.3. The van der Waals surface area contributed by atoms with E-state index < -0.39 is 61.5 Å². The molecule has 25 saturated carbocycles. The molecule has 0 aliphatic heterocycles. The second kappa shape index (κ2) is 23.8. The van der Waals surface area contributed by atoms with Crippen molar-refractivity contribution < 1.29 is 51.9 Å². The molecule has 0 amide bonds. The van der Waals surface area contributed by atoms with Gasteiger partial charge in [0.1, 0.15) is 0 Å². The molecule has 54 unspecified atom stereocenters. The average molecular weight is 1550 g/mol. The first-order valence-electron chi connectivity index (χ1n) is 47.4. The zero-order valence-electron chi connectivity index (χ0n) is 64.6. The van der Waals surface area contributed by atoms with E-state index in [2.05, 4.69) is 13.8 Å². The molecule has 25 aliphatic carbocycles. The Kier molecular flexibility index (Phi) is 15.5. The summed E-state index contributed by atoms with van der Waals surface area (Å²) in [6, 6.07) is 0. The van der Waals surface area contributed by atoms with E-state index >= 15 is 8.42 Å². The van der Waals surface area contributed by atoms with Crippen LogP contribution in [-0.4, -0.2) is 72.9 Å². The molecule has 4 N–H and O–H groups in total. The molecular formula is C91H134O12S4. The summed E-state index contributed by atoms with van der Waals surface area (Å²) in [5, 5.41) is -2.66. The lowest BCUT2D eigenvalue weighted by molar-refractivity contribution is -0.318. The van der Waals surface area contributed by atoms with Crippen LogP contribution in [0, 0.1) is 296 Å². The van der Waals surface area contributed by atoms with Crippen molar-refractivity contribution in [2.75, 3.05) is 0 Å². The van der Waals surface area contributed by atoms with Crippen molar-refractivity contribution in [3.8, 4) is 0 Å². The van der Waals surface area contributed by atoms with Gasteiger partial charge < -0.3 is 0 Å². The van der Waals surface area contributed by atoms with Gasteiger partial charge in [0.25, 0.3) is 40.5 Å². The summed E-state index contributed by atoms with van der Waals surface area (Å²) in [5.41, 5.74) is 0. The largest absolute Gasteiger partial charge is 0.285 e. The molecular weight excluding hydrogens is 1410 g/mol. The lowest BCUT2D eigenvalue weighted by Gasteiger charge is -2.80. The van der Waals surface area contributed by atoms with Crippen molar-refractivity contribution in [2.45, 2.75) is 260 Å².